The topological polar surface area (TPSA) is 9.23 Å². The number of thiocarbonyl (C=S) groups is 1. The fraction of sp³-hybridized carbons (Fsp3) is 0.923. The van der Waals surface area contributed by atoms with Crippen LogP contribution < -0.4 is 0 Å². The van der Waals surface area contributed by atoms with Gasteiger partial charge in [0.15, 0.2) is 0 Å². The van der Waals surface area contributed by atoms with Crippen LogP contribution in [0.2, 0.25) is 0 Å². The number of thiol groups is 1. The summed E-state index contributed by atoms with van der Waals surface area (Å²) in [6, 6.07) is 0. The molecule has 4 heteroatoms. The van der Waals surface area contributed by atoms with Gasteiger partial charge in [0.25, 0.3) is 0 Å². The van der Waals surface area contributed by atoms with Crippen LogP contribution >= 0.6 is 24.8 Å². The minimum absolute atomic E-state index is 0. The largest absolute Gasteiger partial charge is 0.479 e. The fourth-order valence-corrected chi connectivity index (χ4v) is 1.92. The standard InChI is InChI=1S/C13H26OS2.K/c1-2-3-4-5-6-7-8-9-10-11-12-14-13(15)16;/h2-12H2,1H3,(H,15,16);. The monoisotopic (exact) mass is 301 g/mol. The molecule has 0 aliphatic heterocycles. The van der Waals surface area contributed by atoms with E-state index < -0.39 is 0 Å². The molecule has 0 aliphatic carbocycles. The van der Waals surface area contributed by atoms with Crippen LogP contribution in [-0.4, -0.2) is 62.4 Å². The second-order valence-corrected chi connectivity index (χ2v) is 5.38. The summed E-state index contributed by atoms with van der Waals surface area (Å²) in [5.41, 5.74) is 0. The summed E-state index contributed by atoms with van der Waals surface area (Å²) in [4.78, 5) is 0. The van der Waals surface area contributed by atoms with E-state index in [1.807, 2.05) is 0 Å². The Hall–Kier alpha value is 1.88. The summed E-state index contributed by atoms with van der Waals surface area (Å²) >= 11 is 8.61. The first-order valence-electron chi connectivity index (χ1n) is 6.63. The first-order valence-corrected chi connectivity index (χ1v) is 7.48. The number of hydrogen-bond acceptors (Lipinski definition) is 2. The number of ether oxygens (including phenoxy) is 1. The van der Waals surface area contributed by atoms with Gasteiger partial charge in [0.05, 0.1) is 6.61 Å². The van der Waals surface area contributed by atoms with Crippen molar-refractivity contribution in [1.29, 1.82) is 0 Å². The van der Waals surface area contributed by atoms with Crippen molar-refractivity contribution in [1.82, 2.24) is 0 Å². The van der Waals surface area contributed by atoms with E-state index >= 15 is 0 Å². The third-order valence-electron chi connectivity index (χ3n) is 2.72. The molecule has 0 spiro atoms. The Morgan fingerprint density at radius 2 is 1.29 bits per heavy atom. The van der Waals surface area contributed by atoms with Crippen LogP contribution in [0.3, 0.4) is 0 Å². The maximum absolute atomic E-state index is 5.11. The van der Waals surface area contributed by atoms with Crippen molar-refractivity contribution in [2.24, 2.45) is 0 Å². The maximum Gasteiger partial charge on any atom is 0.216 e. The van der Waals surface area contributed by atoms with E-state index in [0.717, 1.165) is 13.0 Å². The predicted molar refractivity (Wildman–Crippen MR) is 85.1 cm³/mol. The summed E-state index contributed by atoms with van der Waals surface area (Å²) in [5, 5.41) is 0. The van der Waals surface area contributed by atoms with E-state index in [-0.39, 0.29) is 51.4 Å². The maximum atomic E-state index is 5.11. The summed E-state index contributed by atoms with van der Waals surface area (Å²) in [6.45, 7) is 3.00. The Bertz CT molecular complexity index is 165. The minimum atomic E-state index is 0. The molecule has 1 nitrogen and oxygen atoms in total. The molecule has 0 amide bonds. The van der Waals surface area contributed by atoms with Gasteiger partial charge in [0, 0.05) is 51.4 Å². The van der Waals surface area contributed by atoms with Gasteiger partial charge in [-0.1, -0.05) is 77.3 Å². The molecule has 0 N–H and O–H groups in total. The molecule has 0 atom stereocenters. The zero-order chi connectivity index (χ0) is 12.1. The molecular formula is C13H26KOS2. The summed E-state index contributed by atoms with van der Waals surface area (Å²) in [7, 11) is 0. The molecule has 0 rings (SSSR count). The van der Waals surface area contributed by atoms with Crippen molar-refractivity contribution in [3.8, 4) is 0 Å². The average Bonchev–Trinajstić information content (AvgIpc) is 2.25. The van der Waals surface area contributed by atoms with Gasteiger partial charge >= 0.3 is 0 Å². The second kappa shape index (κ2) is 17.9. The Labute approximate surface area is 161 Å². The van der Waals surface area contributed by atoms with Crippen molar-refractivity contribution in [2.45, 2.75) is 71.1 Å². The van der Waals surface area contributed by atoms with E-state index in [2.05, 4.69) is 19.6 Å². The SMILES string of the molecule is CCCCCCCCCCCCOC(=S)S.[K]. The normalized spacial score (nSPS) is 9.76. The predicted octanol–water partition coefficient (Wildman–Crippen LogP) is 4.76. The molecule has 1 radical (unpaired) electrons. The molecule has 0 heterocycles. The minimum Gasteiger partial charge on any atom is -0.479 e. The quantitative estimate of drug-likeness (QED) is 0.255. The second-order valence-electron chi connectivity index (χ2n) is 4.30. The van der Waals surface area contributed by atoms with Crippen LogP contribution in [0.1, 0.15) is 71.1 Å². The van der Waals surface area contributed by atoms with E-state index in [1.165, 1.54) is 57.8 Å². The molecule has 0 aromatic carbocycles. The van der Waals surface area contributed by atoms with E-state index in [1.54, 1.807) is 0 Å². The van der Waals surface area contributed by atoms with Gasteiger partial charge in [-0.3, -0.25) is 0 Å². The molecule has 0 saturated carbocycles. The van der Waals surface area contributed by atoms with Crippen molar-refractivity contribution in [3.05, 3.63) is 0 Å². The fourth-order valence-electron chi connectivity index (χ4n) is 1.75. The van der Waals surface area contributed by atoms with Crippen LogP contribution in [0, 0.1) is 0 Å². The van der Waals surface area contributed by atoms with Crippen LogP contribution in [0.5, 0.6) is 0 Å². The zero-order valence-corrected chi connectivity index (χ0v) is 16.4. The summed E-state index contributed by atoms with van der Waals surface area (Å²) in [5.74, 6) is 0. The van der Waals surface area contributed by atoms with E-state index in [9.17, 15) is 0 Å². The number of unbranched alkanes of at least 4 members (excludes halogenated alkanes) is 9. The van der Waals surface area contributed by atoms with Gasteiger partial charge in [-0.2, -0.15) is 0 Å². The molecule has 97 valence electrons. The van der Waals surface area contributed by atoms with E-state index in [4.69, 9.17) is 17.0 Å². The average molecular weight is 302 g/mol. The first-order chi connectivity index (χ1) is 7.77. The molecule has 17 heavy (non-hydrogen) atoms. The van der Waals surface area contributed by atoms with Crippen molar-refractivity contribution < 1.29 is 4.74 Å². The Kier molecular flexibility index (Phi) is 22.3. The summed E-state index contributed by atoms with van der Waals surface area (Å²) < 4.78 is 5.48. The van der Waals surface area contributed by atoms with Gasteiger partial charge in [-0.25, -0.2) is 0 Å². The third kappa shape index (κ3) is 20.4. The molecule has 0 fully saturated rings. The van der Waals surface area contributed by atoms with Crippen molar-refractivity contribution >= 4 is 80.6 Å². The first kappa shape index (κ1) is 21.2. The van der Waals surface area contributed by atoms with Gasteiger partial charge in [-0.15, -0.1) is 0 Å². The molecule has 0 saturated heterocycles. The summed E-state index contributed by atoms with van der Waals surface area (Å²) in [6.07, 6.45) is 13.5. The Balaban J connectivity index is 0. The van der Waals surface area contributed by atoms with Gasteiger partial charge < -0.3 is 4.74 Å². The van der Waals surface area contributed by atoms with Crippen molar-refractivity contribution in [3.63, 3.8) is 0 Å². The van der Waals surface area contributed by atoms with Gasteiger partial charge in [0.2, 0.25) is 4.38 Å². The Morgan fingerprint density at radius 3 is 1.71 bits per heavy atom. The van der Waals surface area contributed by atoms with Gasteiger partial charge in [-0.05, 0) is 18.6 Å². The zero-order valence-electron chi connectivity index (χ0n) is 11.5. The molecule has 0 bridgehead atoms. The third-order valence-corrected chi connectivity index (χ3v) is 2.97. The smallest absolute Gasteiger partial charge is 0.216 e. The number of hydrogen-bond donors (Lipinski definition) is 1. The number of rotatable bonds is 11. The molecular weight excluding hydrogens is 275 g/mol. The van der Waals surface area contributed by atoms with Gasteiger partial charge in [0.1, 0.15) is 0 Å². The Morgan fingerprint density at radius 1 is 0.882 bits per heavy atom. The molecule has 0 aromatic heterocycles. The van der Waals surface area contributed by atoms with E-state index in [0.29, 0.717) is 4.38 Å². The van der Waals surface area contributed by atoms with Crippen LogP contribution in [0.4, 0.5) is 0 Å². The van der Waals surface area contributed by atoms with Crippen LogP contribution in [-0.2, 0) is 4.74 Å². The molecule has 0 unspecified atom stereocenters. The molecule has 0 aromatic rings. The molecule has 0 aliphatic rings. The van der Waals surface area contributed by atoms with Crippen LogP contribution in [0.25, 0.3) is 0 Å². The van der Waals surface area contributed by atoms with Crippen molar-refractivity contribution in [2.75, 3.05) is 6.61 Å². The van der Waals surface area contributed by atoms with Crippen LogP contribution in [0.15, 0.2) is 0 Å².